The molecule has 1 N–H and O–H groups in total. The Morgan fingerprint density at radius 1 is 1.27 bits per heavy atom. The lowest BCUT2D eigenvalue weighted by atomic mass is 9.71. The van der Waals surface area contributed by atoms with Gasteiger partial charge in [-0.05, 0) is 11.5 Å². The van der Waals surface area contributed by atoms with Gasteiger partial charge in [-0.1, -0.05) is 19.9 Å². The molecule has 1 aliphatic rings. The van der Waals surface area contributed by atoms with Gasteiger partial charge >= 0.3 is 0 Å². The third-order valence-corrected chi connectivity index (χ3v) is 3.54. The number of anilines is 1. The molecule has 1 aliphatic carbocycles. The largest absolute Gasteiger partial charge is 0.325 e. The molecule has 1 amide bonds. The van der Waals surface area contributed by atoms with Crippen LogP contribution in [-0.2, 0) is 14.4 Å². The molecule has 7 heteroatoms. The molecule has 0 atom stereocenters. The fourth-order valence-electron chi connectivity index (χ4n) is 2.59. The van der Waals surface area contributed by atoms with Crippen LogP contribution in [0.25, 0.3) is 0 Å². The van der Waals surface area contributed by atoms with Crippen LogP contribution in [0.2, 0.25) is 0 Å². The maximum atomic E-state index is 12.2. The summed E-state index contributed by atoms with van der Waals surface area (Å²) in [5, 5.41) is 13.1. The molecular weight excluding hydrogens is 288 g/mol. The number of nitrogens with one attached hydrogen (secondary N) is 1. The van der Waals surface area contributed by atoms with Gasteiger partial charge in [0.15, 0.2) is 17.5 Å². The highest BCUT2D eigenvalue weighted by Crippen LogP contribution is 2.34. The molecule has 0 spiro atoms. The average Bonchev–Trinajstić information content (AvgIpc) is 2.36. The van der Waals surface area contributed by atoms with Crippen molar-refractivity contribution in [1.82, 2.24) is 0 Å². The third kappa shape index (κ3) is 3.36. The number of rotatable bonds is 3. The molecule has 7 nitrogen and oxygen atoms in total. The van der Waals surface area contributed by atoms with Gasteiger partial charge in [0.1, 0.15) is 0 Å². The second-order valence-corrected chi connectivity index (χ2v) is 6.18. The Morgan fingerprint density at radius 3 is 2.41 bits per heavy atom. The summed E-state index contributed by atoms with van der Waals surface area (Å²) in [4.78, 5) is 46.3. The number of benzene rings is 1. The first-order valence-electron chi connectivity index (χ1n) is 6.80. The average molecular weight is 304 g/mol. The normalized spacial score (nSPS) is 18.1. The van der Waals surface area contributed by atoms with E-state index in [-0.39, 0.29) is 24.2 Å². The fraction of sp³-hybridized carbons (Fsp3) is 0.400. The Bertz CT molecular complexity index is 646. The van der Waals surface area contributed by atoms with E-state index in [4.69, 9.17) is 0 Å². The second-order valence-electron chi connectivity index (χ2n) is 6.18. The predicted molar refractivity (Wildman–Crippen MR) is 78.2 cm³/mol. The Labute approximate surface area is 126 Å². The predicted octanol–water partition coefficient (Wildman–Crippen LogP) is 2.11. The third-order valence-electron chi connectivity index (χ3n) is 3.54. The monoisotopic (exact) mass is 304 g/mol. The molecule has 1 saturated carbocycles. The Morgan fingerprint density at radius 2 is 1.86 bits per heavy atom. The minimum absolute atomic E-state index is 0.158. The summed E-state index contributed by atoms with van der Waals surface area (Å²) >= 11 is 0. The Kier molecular flexibility index (Phi) is 4.07. The minimum atomic E-state index is -1.33. The lowest BCUT2D eigenvalue weighted by Gasteiger charge is -2.31. The zero-order valence-corrected chi connectivity index (χ0v) is 12.3. The van der Waals surface area contributed by atoms with Crippen molar-refractivity contribution in [3.8, 4) is 0 Å². The van der Waals surface area contributed by atoms with E-state index in [9.17, 15) is 24.5 Å². The standard InChI is InChI=1S/C15H16N2O5/c1-15(2)7-11(18)13(12(19)8-15)14(20)16-9-4-3-5-10(6-9)17(21)22/h3-6,13H,7-8H2,1-2H3,(H,16,20). The first-order chi connectivity index (χ1) is 10.2. The molecule has 1 aromatic carbocycles. The summed E-state index contributed by atoms with van der Waals surface area (Å²) in [6.07, 6.45) is 0.317. The van der Waals surface area contributed by atoms with Crippen molar-refractivity contribution in [2.75, 3.05) is 5.32 Å². The number of carbonyl (C=O) groups is 3. The van der Waals surface area contributed by atoms with Crippen LogP contribution < -0.4 is 5.32 Å². The van der Waals surface area contributed by atoms with Gasteiger partial charge in [0.25, 0.3) is 5.69 Å². The lowest BCUT2D eigenvalue weighted by Crippen LogP contribution is -2.44. The molecule has 0 unspecified atom stereocenters. The second kappa shape index (κ2) is 5.67. The maximum Gasteiger partial charge on any atom is 0.271 e. The van der Waals surface area contributed by atoms with Gasteiger partial charge in [0.2, 0.25) is 5.91 Å². The van der Waals surface area contributed by atoms with Crippen LogP contribution in [0.5, 0.6) is 0 Å². The summed E-state index contributed by atoms with van der Waals surface area (Å²) in [5.41, 5.74) is -0.430. The smallest absolute Gasteiger partial charge is 0.271 e. The van der Waals surface area contributed by atoms with Crippen molar-refractivity contribution in [3.05, 3.63) is 34.4 Å². The fourth-order valence-corrected chi connectivity index (χ4v) is 2.59. The number of Topliss-reactive ketones (excluding diaryl/α,β-unsaturated/α-hetero) is 2. The molecule has 0 aliphatic heterocycles. The van der Waals surface area contributed by atoms with Crippen LogP contribution in [0.1, 0.15) is 26.7 Å². The molecule has 0 saturated heterocycles. The van der Waals surface area contributed by atoms with Crippen molar-refractivity contribution >= 4 is 28.8 Å². The molecule has 0 aromatic heterocycles. The molecule has 1 aromatic rings. The van der Waals surface area contributed by atoms with Crippen molar-refractivity contribution in [2.45, 2.75) is 26.7 Å². The highest BCUT2D eigenvalue weighted by molar-refractivity contribution is 6.23. The van der Waals surface area contributed by atoms with E-state index in [0.29, 0.717) is 0 Å². The van der Waals surface area contributed by atoms with Gasteiger partial charge < -0.3 is 5.32 Å². The molecular formula is C15H16N2O5. The van der Waals surface area contributed by atoms with Crippen LogP contribution >= 0.6 is 0 Å². The SMILES string of the molecule is CC1(C)CC(=O)C(C(=O)Nc2cccc([N+](=O)[O-])c2)C(=O)C1. The summed E-state index contributed by atoms with van der Waals surface area (Å²) < 4.78 is 0. The van der Waals surface area contributed by atoms with Crippen molar-refractivity contribution in [1.29, 1.82) is 0 Å². The highest BCUT2D eigenvalue weighted by atomic mass is 16.6. The molecule has 2 rings (SSSR count). The number of nitro benzene ring substituents is 1. The summed E-state index contributed by atoms with van der Waals surface area (Å²) in [7, 11) is 0. The van der Waals surface area contributed by atoms with E-state index in [2.05, 4.69) is 5.32 Å². The Hall–Kier alpha value is -2.57. The molecule has 0 radical (unpaired) electrons. The number of carbonyl (C=O) groups excluding carboxylic acids is 3. The van der Waals surface area contributed by atoms with Gasteiger partial charge in [0.05, 0.1) is 4.92 Å². The van der Waals surface area contributed by atoms with E-state index >= 15 is 0 Å². The summed E-state index contributed by atoms with van der Waals surface area (Å²) in [6, 6.07) is 5.35. The number of amides is 1. The topological polar surface area (TPSA) is 106 Å². The van der Waals surface area contributed by atoms with Crippen molar-refractivity contribution in [3.63, 3.8) is 0 Å². The van der Waals surface area contributed by atoms with E-state index in [1.165, 1.54) is 24.3 Å². The molecule has 116 valence electrons. The van der Waals surface area contributed by atoms with Crippen LogP contribution in [0, 0.1) is 21.4 Å². The van der Waals surface area contributed by atoms with E-state index in [1.54, 1.807) is 13.8 Å². The highest BCUT2D eigenvalue weighted by Gasteiger charge is 2.43. The van der Waals surface area contributed by atoms with Crippen molar-refractivity contribution in [2.24, 2.45) is 11.3 Å². The summed E-state index contributed by atoms with van der Waals surface area (Å²) in [6.45, 7) is 3.61. The molecule has 1 fully saturated rings. The minimum Gasteiger partial charge on any atom is -0.325 e. The first kappa shape index (κ1) is 15.8. The van der Waals surface area contributed by atoms with E-state index < -0.39 is 33.7 Å². The quantitative estimate of drug-likeness (QED) is 0.523. The number of hydrogen-bond donors (Lipinski definition) is 1. The van der Waals surface area contributed by atoms with Crippen LogP contribution in [0.3, 0.4) is 0 Å². The van der Waals surface area contributed by atoms with Crippen LogP contribution in [-0.4, -0.2) is 22.4 Å². The van der Waals surface area contributed by atoms with Gasteiger partial charge in [-0.2, -0.15) is 0 Å². The number of nitro groups is 1. The molecule has 0 bridgehead atoms. The van der Waals surface area contributed by atoms with E-state index in [1.807, 2.05) is 0 Å². The zero-order chi connectivity index (χ0) is 16.5. The number of hydrogen-bond acceptors (Lipinski definition) is 5. The number of nitrogens with zero attached hydrogens (tertiary/aromatic N) is 1. The van der Waals surface area contributed by atoms with Gasteiger partial charge in [-0.15, -0.1) is 0 Å². The van der Waals surface area contributed by atoms with Gasteiger partial charge in [0, 0.05) is 30.7 Å². The maximum absolute atomic E-state index is 12.2. The Balaban J connectivity index is 2.15. The van der Waals surface area contributed by atoms with Gasteiger partial charge in [-0.25, -0.2) is 0 Å². The van der Waals surface area contributed by atoms with Crippen molar-refractivity contribution < 1.29 is 19.3 Å². The van der Waals surface area contributed by atoms with Crippen LogP contribution in [0.15, 0.2) is 24.3 Å². The zero-order valence-electron chi connectivity index (χ0n) is 12.3. The number of ketones is 2. The first-order valence-corrected chi connectivity index (χ1v) is 6.80. The molecule has 0 heterocycles. The lowest BCUT2D eigenvalue weighted by molar-refractivity contribution is -0.384. The number of non-ortho nitro benzene ring substituents is 1. The van der Waals surface area contributed by atoms with Gasteiger partial charge in [-0.3, -0.25) is 24.5 Å². The summed E-state index contributed by atoms with van der Waals surface area (Å²) in [5.74, 6) is -2.88. The van der Waals surface area contributed by atoms with E-state index in [0.717, 1.165) is 0 Å². The van der Waals surface area contributed by atoms with Crippen LogP contribution in [0.4, 0.5) is 11.4 Å². The molecule has 22 heavy (non-hydrogen) atoms.